The van der Waals surface area contributed by atoms with Crippen LogP contribution >= 0.6 is 0 Å². The van der Waals surface area contributed by atoms with E-state index in [0.717, 1.165) is 22.4 Å². The van der Waals surface area contributed by atoms with Crippen molar-refractivity contribution in [2.24, 2.45) is 10.2 Å². The summed E-state index contributed by atoms with van der Waals surface area (Å²) < 4.78 is 2.02. The third-order valence-electron chi connectivity index (χ3n) is 3.99. The normalized spacial score (nSPS) is 12.7. The monoisotopic (exact) mass is 327 g/mol. The molecule has 2 aromatic heterocycles. The van der Waals surface area contributed by atoms with Crippen LogP contribution in [0, 0.1) is 0 Å². The highest BCUT2D eigenvalue weighted by atomic mass is 15.3. The number of nitrogens with zero attached hydrogens (tertiary/aromatic N) is 5. The molecule has 0 bridgehead atoms. The maximum atomic E-state index is 4.64. The first kappa shape index (κ1) is 15.2. The largest absolute Gasteiger partial charge is 0.276 e. The molecule has 4 aromatic rings. The standard InChI is InChI=1S/C20H17N5/c1-15(17-11-7-8-14-21-17)23-24-20-22-18-12-5-6-13-19(18)25(20)16-9-3-2-4-10-16/h2-15H,1H3. The predicted molar refractivity (Wildman–Crippen MR) is 98.2 cm³/mol. The Morgan fingerprint density at radius 3 is 2.44 bits per heavy atom. The molecular formula is C20H17N5. The van der Waals surface area contributed by atoms with Crippen molar-refractivity contribution in [3.05, 3.63) is 84.7 Å². The van der Waals surface area contributed by atoms with Gasteiger partial charge in [-0.1, -0.05) is 36.4 Å². The summed E-state index contributed by atoms with van der Waals surface area (Å²) >= 11 is 0. The Hall–Kier alpha value is -3.34. The van der Waals surface area contributed by atoms with Crippen molar-refractivity contribution in [1.29, 1.82) is 0 Å². The van der Waals surface area contributed by atoms with Gasteiger partial charge in [0.15, 0.2) is 0 Å². The molecule has 122 valence electrons. The smallest absolute Gasteiger partial charge is 0.254 e. The lowest BCUT2D eigenvalue weighted by Gasteiger charge is -2.06. The molecule has 2 aromatic carbocycles. The van der Waals surface area contributed by atoms with Crippen LogP contribution in [0.25, 0.3) is 16.7 Å². The molecule has 0 saturated heterocycles. The van der Waals surface area contributed by atoms with Gasteiger partial charge in [0.2, 0.25) is 0 Å². The van der Waals surface area contributed by atoms with E-state index in [4.69, 9.17) is 0 Å². The van der Waals surface area contributed by atoms with Gasteiger partial charge in [0.05, 0.1) is 16.7 Å². The average Bonchev–Trinajstić information content (AvgIpc) is 3.06. The molecule has 0 radical (unpaired) electrons. The maximum Gasteiger partial charge on any atom is 0.254 e. The highest BCUT2D eigenvalue weighted by Gasteiger charge is 2.12. The Kier molecular flexibility index (Phi) is 4.04. The number of rotatable bonds is 4. The maximum absolute atomic E-state index is 4.64. The van der Waals surface area contributed by atoms with E-state index in [-0.39, 0.29) is 6.04 Å². The van der Waals surface area contributed by atoms with Gasteiger partial charge in [-0.15, -0.1) is 5.11 Å². The Morgan fingerprint density at radius 2 is 1.64 bits per heavy atom. The number of para-hydroxylation sites is 3. The number of fused-ring (bicyclic) bond motifs is 1. The molecular weight excluding hydrogens is 310 g/mol. The molecule has 5 nitrogen and oxygen atoms in total. The second-order valence-corrected chi connectivity index (χ2v) is 5.72. The van der Waals surface area contributed by atoms with Crippen molar-refractivity contribution < 1.29 is 0 Å². The number of benzene rings is 2. The van der Waals surface area contributed by atoms with E-state index in [1.54, 1.807) is 6.20 Å². The summed E-state index contributed by atoms with van der Waals surface area (Å²) in [7, 11) is 0. The molecule has 25 heavy (non-hydrogen) atoms. The summed E-state index contributed by atoms with van der Waals surface area (Å²) in [5, 5.41) is 8.86. The summed E-state index contributed by atoms with van der Waals surface area (Å²) in [6.07, 6.45) is 1.76. The second-order valence-electron chi connectivity index (χ2n) is 5.72. The van der Waals surface area contributed by atoms with Crippen LogP contribution in [0.5, 0.6) is 0 Å². The van der Waals surface area contributed by atoms with Crippen LogP contribution in [0.4, 0.5) is 5.95 Å². The van der Waals surface area contributed by atoms with E-state index in [1.807, 2.05) is 84.3 Å². The van der Waals surface area contributed by atoms with Crippen LogP contribution in [0.2, 0.25) is 0 Å². The van der Waals surface area contributed by atoms with Crippen LogP contribution in [-0.4, -0.2) is 14.5 Å². The van der Waals surface area contributed by atoms with Gasteiger partial charge < -0.3 is 0 Å². The first-order valence-electron chi connectivity index (χ1n) is 8.17. The lowest BCUT2D eigenvalue weighted by atomic mass is 10.2. The van der Waals surface area contributed by atoms with Crippen LogP contribution in [0.15, 0.2) is 89.2 Å². The Morgan fingerprint density at radius 1 is 0.880 bits per heavy atom. The van der Waals surface area contributed by atoms with Crippen molar-refractivity contribution in [3.8, 4) is 5.69 Å². The predicted octanol–water partition coefficient (Wildman–Crippen LogP) is 5.27. The topological polar surface area (TPSA) is 55.4 Å². The third-order valence-corrected chi connectivity index (χ3v) is 3.99. The van der Waals surface area contributed by atoms with E-state index in [2.05, 4.69) is 20.2 Å². The van der Waals surface area contributed by atoms with Crippen LogP contribution in [0.3, 0.4) is 0 Å². The van der Waals surface area contributed by atoms with Crippen LogP contribution in [-0.2, 0) is 0 Å². The number of aromatic nitrogens is 3. The number of hydrogen-bond acceptors (Lipinski definition) is 4. The lowest BCUT2D eigenvalue weighted by molar-refractivity contribution is 0.728. The molecule has 4 rings (SSSR count). The van der Waals surface area contributed by atoms with Gasteiger partial charge in [-0.05, 0) is 43.3 Å². The first-order chi connectivity index (χ1) is 12.3. The fourth-order valence-corrected chi connectivity index (χ4v) is 2.73. The SMILES string of the molecule is CC(N=Nc1nc2ccccc2n1-c1ccccc1)c1ccccn1. The molecule has 0 aliphatic carbocycles. The van der Waals surface area contributed by atoms with E-state index in [9.17, 15) is 0 Å². The van der Waals surface area contributed by atoms with Gasteiger partial charge in [0.1, 0.15) is 6.04 Å². The van der Waals surface area contributed by atoms with E-state index < -0.39 is 0 Å². The fourth-order valence-electron chi connectivity index (χ4n) is 2.73. The molecule has 0 spiro atoms. The van der Waals surface area contributed by atoms with Crippen molar-refractivity contribution in [2.75, 3.05) is 0 Å². The van der Waals surface area contributed by atoms with E-state index in [1.165, 1.54) is 0 Å². The quantitative estimate of drug-likeness (QED) is 0.480. The summed E-state index contributed by atoms with van der Waals surface area (Å²) in [6, 6.07) is 23.7. The van der Waals surface area contributed by atoms with E-state index >= 15 is 0 Å². The van der Waals surface area contributed by atoms with Crippen LogP contribution < -0.4 is 0 Å². The average molecular weight is 327 g/mol. The molecule has 0 fully saturated rings. The minimum atomic E-state index is -0.134. The summed E-state index contributed by atoms with van der Waals surface area (Å²) in [5.41, 5.74) is 3.79. The lowest BCUT2D eigenvalue weighted by Crippen LogP contribution is -1.94. The fraction of sp³-hybridized carbons (Fsp3) is 0.100. The zero-order chi connectivity index (χ0) is 17.1. The highest BCUT2D eigenvalue weighted by molar-refractivity contribution is 5.80. The zero-order valence-electron chi connectivity index (χ0n) is 13.8. The van der Waals surface area contributed by atoms with Gasteiger partial charge in [0, 0.05) is 11.9 Å². The summed E-state index contributed by atoms with van der Waals surface area (Å²) in [6.45, 7) is 1.97. The molecule has 1 atom stereocenters. The number of imidazole rings is 1. The minimum absolute atomic E-state index is 0.134. The number of azo groups is 1. The molecule has 5 heteroatoms. The Labute approximate surface area is 145 Å². The van der Waals surface area contributed by atoms with Crippen molar-refractivity contribution in [2.45, 2.75) is 13.0 Å². The third kappa shape index (κ3) is 3.04. The number of hydrogen-bond donors (Lipinski definition) is 0. The van der Waals surface area contributed by atoms with Gasteiger partial charge in [0.25, 0.3) is 5.95 Å². The molecule has 1 unspecified atom stereocenters. The van der Waals surface area contributed by atoms with Crippen molar-refractivity contribution in [3.63, 3.8) is 0 Å². The van der Waals surface area contributed by atoms with Crippen LogP contribution in [0.1, 0.15) is 18.7 Å². The van der Waals surface area contributed by atoms with E-state index in [0.29, 0.717) is 5.95 Å². The summed E-state index contributed by atoms with van der Waals surface area (Å²) in [4.78, 5) is 8.97. The van der Waals surface area contributed by atoms with Crippen molar-refractivity contribution >= 4 is 17.0 Å². The van der Waals surface area contributed by atoms with Gasteiger partial charge in [-0.2, -0.15) is 5.11 Å². The van der Waals surface area contributed by atoms with Gasteiger partial charge in [-0.3, -0.25) is 9.55 Å². The zero-order valence-corrected chi connectivity index (χ0v) is 13.8. The van der Waals surface area contributed by atoms with Gasteiger partial charge in [-0.25, -0.2) is 4.98 Å². The molecule has 2 heterocycles. The highest BCUT2D eigenvalue weighted by Crippen LogP contribution is 2.27. The molecule has 0 aliphatic heterocycles. The Bertz CT molecular complexity index is 1010. The molecule has 0 aliphatic rings. The Balaban J connectivity index is 1.78. The first-order valence-corrected chi connectivity index (χ1v) is 8.17. The summed E-state index contributed by atoms with van der Waals surface area (Å²) in [5.74, 6) is 0.565. The van der Waals surface area contributed by atoms with Crippen molar-refractivity contribution in [1.82, 2.24) is 14.5 Å². The molecule has 0 saturated carbocycles. The molecule has 0 N–H and O–H groups in total. The molecule has 0 amide bonds. The number of pyridine rings is 1. The van der Waals surface area contributed by atoms with Gasteiger partial charge >= 0.3 is 0 Å². The minimum Gasteiger partial charge on any atom is -0.276 e. The second kappa shape index (κ2) is 6.65.